The summed E-state index contributed by atoms with van der Waals surface area (Å²) < 4.78 is 10.7. The highest BCUT2D eigenvalue weighted by Crippen LogP contribution is 2.33. The maximum Gasteiger partial charge on any atom is 0.231 e. The van der Waals surface area contributed by atoms with Gasteiger partial charge in [0.2, 0.25) is 17.8 Å². The molecule has 0 saturated carbocycles. The monoisotopic (exact) mass is 395 g/mol. The van der Waals surface area contributed by atoms with Crippen molar-refractivity contribution in [2.75, 3.05) is 12.1 Å². The molecule has 3 aromatic rings. The summed E-state index contributed by atoms with van der Waals surface area (Å²) in [5.41, 5.74) is 3.32. The van der Waals surface area contributed by atoms with Crippen molar-refractivity contribution in [3.63, 3.8) is 0 Å². The fraction of sp³-hybridized carbons (Fsp3) is 0.286. The highest BCUT2D eigenvalue weighted by molar-refractivity contribution is 7.18. The van der Waals surface area contributed by atoms with Gasteiger partial charge in [0.15, 0.2) is 11.5 Å². The van der Waals surface area contributed by atoms with Crippen LogP contribution < -0.4 is 14.8 Å². The lowest BCUT2D eigenvalue weighted by Crippen LogP contribution is -2.12. The number of carbonyl (C=O) groups is 1. The molecule has 0 saturated heterocycles. The van der Waals surface area contributed by atoms with E-state index in [1.165, 1.54) is 16.9 Å². The van der Waals surface area contributed by atoms with Crippen LogP contribution in [0, 0.1) is 0 Å². The molecule has 0 unspecified atom stereocenters. The molecule has 28 heavy (non-hydrogen) atoms. The number of aryl methyl sites for hydroxylation is 1. The quantitative estimate of drug-likeness (QED) is 0.659. The van der Waals surface area contributed by atoms with Crippen LogP contribution >= 0.6 is 11.3 Å². The minimum Gasteiger partial charge on any atom is -0.454 e. The number of amides is 1. The van der Waals surface area contributed by atoms with Crippen molar-refractivity contribution in [1.82, 2.24) is 10.2 Å². The number of carbonyl (C=O) groups excluding carboxylic acids is 1. The van der Waals surface area contributed by atoms with E-state index < -0.39 is 0 Å². The number of anilines is 1. The predicted octanol–water partition coefficient (Wildman–Crippen LogP) is 4.63. The molecule has 1 aliphatic rings. The van der Waals surface area contributed by atoms with Gasteiger partial charge in [-0.1, -0.05) is 55.5 Å². The summed E-state index contributed by atoms with van der Waals surface area (Å²) in [6.07, 6.45) is 0.975. The summed E-state index contributed by atoms with van der Waals surface area (Å²) in [7, 11) is 0. The number of ether oxygens (including phenoxy) is 2. The second kappa shape index (κ2) is 7.98. The van der Waals surface area contributed by atoms with Gasteiger partial charge in [0, 0.05) is 12.0 Å². The zero-order valence-electron chi connectivity index (χ0n) is 15.8. The average Bonchev–Trinajstić information content (AvgIpc) is 3.35. The van der Waals surface area contributed by atoms with Gasteiger partial charge in [0.25, 0.3) is 0 Å². The van der Waals surface area contributed by atoms with Crippen molar-refractivity contribution in [2.45, 2.75) is 32.6 Å². The molecule has 0 atom stereocenters. The van der Waals surface area contributed by atoms with Crippen LogP contribution in [0.3, 0.4) is 0 Å². The van der Waals surface area contributed by atoms with E-state index in [1.54, 1.807) is 0 Å². The normalized spacial score (nSPS) is 12.4. The SMILES string of the molecule is CC(C)c1ccc(-c2nnc(NC(=O)CCc3ccc4c(c3)OCO4)s2)cc1. The third kappa shape index (κ3) is 4.14. The molecule has 144 valence electrons. The molecule has 1 amide bonds. The first kappa shape index (κ1) is 18.4. The average molecular weight is 395 g/mol. The molecule has 4 rings (SSSR count). The first-order valence-electron chi connectivity index (χ1n) is 9.21. The Labute approximate surface area is 167 Å². The summed E-state index contributed by atoms with van der Waals surface area (Å²) in [5.74, 6) is 1.88. The number of fused-ring (bicyclic) bond motifs is 1. The Kier molecular flexibility index (Phi) is 5.25. The number of hydrogen-bond acceptors (Lipinski definition) is 6. The molecule has 0 aliphatic carbocycles. The Hall–Kier alpha value is -2.93. The number of nitrogens with zero attached hydrogens (tertiary/aromatic N) is 2. The van der Waals surface area contributed by atoms with Gasteiger partial charge in [-0.3, -0.25) is 4.79 Å². The van der Waals surface area contributed by atoms with Crippen molar-refractivity contribution < 1.29 is 14.3 Å². The van der Waals surface area contributed by atoms with Crippen LogP contribution in [0.5, 0.6) is 11.5 Å². The smallest absolute Gasteiger partial charge is 0.231 e. The molecular formula is C21H21N3O3S. The molecular weight excluding hydrogens is 374 g/mol. The first-order chi connectivity index (χ1) is 13.6. The van der Waals surface area contributed by atoms with Crippen LogP contribution in [0.4, 0.5) is 5.13 Å². The summed E-state index contributed by atoms with van der Waals surface area (Å²) >= 11 is 1.38. The van der Waals surface area contributed by atoms with Gasteiger partial charge in [-0.05, 0) is 35.6 Å². The van der Waals surface area contributed by atoms with Crippen LogP contribution in [-0.4, -0.2) is 22.9 Å². The van der Waals surface area contributed by atoms with Crippen LogP contribution in [0.25, 0.3) is 10.6 Å². The van der Waals surface area contributed by atoms with Crippen LogP contribution in [-0.2, 0) is 11.2 Å². The molecule has 0 fully saturated rings. The van der Waals surface area contributed by atoms with E-state index in [-0.39, 0.29) is 12.7 Å². The lowest BCUT2D eigenvalue weighted by Gasteiger charge is -2.05. The molecule has 2 aromatic carbocycles. The van der Waals surface area contributed by atoms with Gasteiger partial charge in [-0.15, -0.1) is 10.2 Å². The van der Waals surface area contributed by atoms with Crippen LogP contribution in [0.15, 0.2) is 42.5 Å². The van der Waals surface area contributed by atoms with Gasteiger partial charge >= 0.3 is 0 Å². The maximum atomic E-state index is 12.3. The maximum absolute atomic E-state index is 12.3. The Bertz CT molecular complexity index is 983. The van der Waals surface area contributed by atoms with Gasteiger partial charge in [-0.25, -0.2) is 0 Å². The third-order valence-corrected chi connectivity index (χ3v) is 5.46. The van der Waals surface area contributed by atoms with Crippen molar-refractivity contribution in [3.05, 3.63) is 53.6 Å². The van der Waals surface area contributed by atoms with Gasteiger partial charge in [0.1, 0.15) is 5.01 Å². The van der Waals surface area contributed by atoms with Crippen LogP contribution in [0.2, 0.25) is 0 Å². The Morgan fingerprint density at radius 1 is 1.11 bits per heavy atom. The minimum absolute atomic E-state index is 0.0875. The summed E-state index contributed by atoms with van der Waals surface area (Å²) in [5, 5.41) is 12.4. The van der Waals surface area contributed by atoms with Crippen molar-refractivity contribution in [1.29, 1.82) is 0 Å². The third-order valence-electron chi connectivity index (χ3n) is 4.57. The van der Waals surface area contributed by atoms with E-state index in [4.69, 9.17) is 9.47 Å². The second-order valence-corrected chi connectivity index (χ2v) is 7.90. The molecule has 0 spiro atoms. The highest BCUT2D eigenvalue weighted by atomic mass is 32.1. The Balaban J connectivity index is 1.33. The number of benzene rings is 2. The van der Waals surface area contributed by atoms with E-state index in [2.05, 4.69) is 41.5 Å². The predicted molar refractivity (Wildman–Crippen MR) is 109 cm³/mol. The Morgan fingerprint density at radius 2 is 1.89 bits per heavy atom. The van der Waals surface area contributed by atoms with Gasteiger partial charge in [-0.2, -0.15) is 0 Å². The highest BCUT2D eigenvalue weighted by Gasteiger charge is 2.14. The van der Waals surface area contributed by atoms with Crippen molar-refractivity contribution in [2.24, 2.45) is 0 Å². The fourth-order valence-corrected chi connectivity index (χ4v) is 3.70. The lowest BCUT2D eigenvalue weighted by atomic mass is 10.0. The number of nitrogens with one attached hydrogen (secondary N) is 1. The molecule has 7 heteroatoms. The summed E-state index contributed by atoms with van der Waals surface area (Å²) in [6, 6.07) is 14.0. The van der Waals surface area contributed by atoms with E-state index in [0.717, 1.165) is 27.6 Å². The fourth-order valence-electron chi connectivity index (χ4n) is 2.94. The van der Waals surface area contributed by atoms with E-state index >= 15 is 0 Å². The van der Waals surface area contributed by atoms with E-state index in [1.807, 2.05) is 30.3 Å². The van der Waals surface area contributed by atoms with Gasteiger partial charge in [0.05, 0.1) is 0 Å². The summed E-state index contributed by atoms with van der Waals surface area (Å²) in [4.78, 5) is 12.3. The Morgan fingerprint density at radius 3 is 2.68 bits per heavy atom. The zero-order chi connectivity index (χ0) is 19.5. The number of rotatable bonds is 6. The molecule has 0 bridgehead atoms. The molecule has 1 aromatic heterocycles. The molecule has 1 N–H and O–H groups in total. The van der Waals surface area contributed by atoms with E-state index in [9.17, 15) is 4.79 Å². The standard InChI is InChI=1S/C21H21N3O3S/c1-13(2)15-5-7-16(8-6-15)20-23-24-21(28-20)22-19(25)10-4-14-3-9-17-18(11-14)27-12-26-17/h3,5-9,11,13H,4,10,12H2,1-2H3,(H,22,24,25). The van der Waals surface area contributed by atoms with Crippen molar-refractivity contribution in [3.8, 4) is 22.1 Å². The topological polar surface area (TPSA) is 73.3 Å². The molecule has 0 radical (unpaired) electrons. The molecule has 1 aliphatic heterocycles. The summed E-state index contributed by atoms with van der Waals surface area (Å²) in [6.45, 7) is 4.58. The lowest BCUT2D eigenvalue weighted by molar-refractivity contribution is -0.116. The second-order valence-electron chi connectivity index (χ2n) is 6.92. The van der Waals surface area contributed by atoms with Crippen molar-refractivity contribution >= 4 is 22.4 Å². The number of hydrogen-bond donors (Lipinski definition) is 1. The minimum atomic E-state index is -0.0875. The van der Waals surface area contributed by atoms with Gasteiger partial charge < -0.3 is 14.8 Å². The van der Waals surface area contributed by atoms with Crippen LogP contribution in [0.1, 0.15) is 37.3 Å². The molecule has 2 heterocycles. The zero-order valence-corrected chi connectivity index (χ0v) is 16.6. The largest absolute Gasteiger partial charge is 0.454 e. The first-order valence-corrected chi connectivity index (χ1v) is 10.0. The number of aromatic nitrogens is 2. The molecule has 6 nitrogen and oxygen atoms in total. The van der Waals surface area contributed by atoms with E-state index in [0.29, 0.717) is 23.9 Å².